The van der Waals surface area contributed by atoms with Gasteiger partial charge in [-0.2, -0.15) is 0 Å². The number of hydrogen-bond acceptors (Lipinski definition) is 2. The molecule has 0 heterocycles. The van der Waals surface area contributed by atoms with E-state index < -0.39 is 14.4 Å². The van der Waals surface area contributed by atoms with Gasteiger partial charge in [-0.25, -0.2) is 4.79 Å². The molecule has 0 radical (unpaired) electrons. The van der Waals surface area contributed by atoms with Crippen LogP contribution < -0.4 is 5.32 Å². The van der Waals surface area contributed by atoms with E-state index in [1.54, 1.807) is 0 Å². The molecular formula is C12H25NO3Si. The van der Waals surface area contributed by atoms with Gasteiger partial charge in [-0.15, -0.1) is 0 Å². The van der Waals surface area contributed by atoms with Gasteiger partial charge in [0.25, 0.3) is 0 Å². The van der Waals surface area contributed by atoms with Crippen molar-refractivity contribution in [1.82, 2.24) is 5.32 Å². The Labute approximate surface area is 105 Å². The number of carboxylic acid groups (broad SMARTS) is 1. The molecule has 100 valence electrons. The van der Waals surface area contributed by atoms with Crippen LogP contribution in [0, 0.1) is 0 Å². The lowest BCUT2D eigenvalue weighted by atomic mass is 10.2. The van der Waals surface area contributed by atoms with Crippen molar-refractivity contribution < 1.29 is 14.3 Å². The molecule has 0 aromatic heterocycles. The van der Waals surface area contributed by atoms with Gasteiger partial charge in [0.1, 0.15) is 0 Å². The van der Waals surface area contributed by atoms with Gasteiger partial charge in [0.05, 0.1) is 0 Å². The van der Waals surface area contributed by atoms with E-state index in [2.05, 4.69) is 39.2 Å². The Balaban J connectivity index is 2.48. The van der Waals surface area contributed by atoms with E-state index in [1.807, 2.05) is 0 Å². The van der Waals surface area contributed by atoms with Crippen LogP contribution in [0.25, 0.3) is 0 Å². The molecule has 1 aliphatic rings. The summed E-state index contributed by atoms with van der Waals surface area (Å²) in [6.45, 7) is 11.2. The molecule has 1 aliphatic carbocycles. The monoisotopic (exact) mass is 259 g/mol. The molecule has 0 aromatic carbocycles. The Morgan fingerprint density at radius 2 is 1.94 bits per heavy atom. The molecule has 0 aromatic rings. The Morgan fingerprint density at radius 3 is 2.41 bits per heavy atom. The molecule has 2 N–H and O–H groups in total. The highest BCUT2D eigenvalue weighted by Gasteiger charge is 2.40. The van der Waals surface area contributed by atoms with Gasteiger partial charge in [-0.1, -0.05) is 20.8 Å². The second kappa shape index (κ2) is 4.98. The van der Waals surface area contributed by atoms with E-state index in [0.29, 0.717) is 0 Å². The van der Waals surface area contributed by atoms with E-state index in [4.69, 9.17) is 9.53 Å². The van der Waals surface area contributed by atoms with Crippen LogP contribution in [0.4, 0.5) is 4.79 Å². The highest BCUT2D eigenvalue weighted by molar-refractivity contribution is 6.74. The van der Waals surface area contributed by atoms with Crippen LogP contribution in [-0.4, -0.2) is 31.7 Å². The van der Waals surface area contributed by atoms with E-state index >= 15 is 0 Å². The summed E-state index contributed by atoms with van der Waals surface area (Å²) in [6, 6.07) is 0.0715. The van der Waals surface area contributed by atoms with Crippen molar-refractivity contribution in [2.24, 2.45) is 0 Å². The Morgan fingerprint density at radius 1 is 1.35 bits per heavy atom. The molecule has 1 fully saturated rings. The van der Waals surface area contributed by atoms with Crippen molar-refractivity contribution in [1.29, 1.82) is 0 Å². The molecule has 0 spiro atoms. The molecule has 0 saturated heterocycles. The van der Waals surface area contributed by atoms with E-state index in [1.165, 1.54) is 0 Å². The normalized spacial score (nSPS) is 25.9. The Kier molecular flexibility index (Phi) is 4.25. The molecule has 1 amide bonds. The molecule has 1 saturated carbocycles. The minimum absolute atomic E-state index is 0.0715. The summed E-state index contributed by atoms with van der Waals surface area (Å²) in [6.07, 6.45) is 1.98. The third-order valence-electron chi connectivity index (χ3n) is 3.98. The zero-order valence-electron chi connectivity index (χ0n) is 11.5. The first-order chi connectivity index (χ1) is 7.62. The maximum Gasteiger partial charge on any atom is 0.404 e. The molecule has 5 heteroatoms. The predicted molar refractivity (Wildman–Crippen MR) is 70.9 cm³/mol. The van der Waals surface area contributed by atoms with Crippen molar-refractivity contribution in [2.45, 2.75) is 70.3 Å². The number of hydrogen-bond donors (Lipinski definition) is 2. The second-order valence-corrected chi connectivity index (χ2v) is 11.2. The second-order valence-electron chi connectivity index (χ2n) is 6.46. The average molecular weight is 259 g/mol. The van der Waals surface area contributed by atoms with E-state index in [-0.39, 0.29) is 17.2 Å². The van der Waals surface area contributed by atoms with Gasteiger partial charge in [0, 0.05) is 12.1 Å². The Bertz CT molecular complexity index is 286. The lowest BCUT2D eigenvalue weighted by molar-refractivity contribution is 0.177. The summed E-state index contributed by atoms with van der Waals surface area (Å²) in [5.41, 5.74) is 0. The standard InChI is InChI=1S/C12H25NO3Si/c1-12(2,3)17(4,5)16-10-7-6-9(8-10)13-11(14)15/h9-10,13H,6-8H2,1-5H3,(H,14,15)/t9-,10-/m0/s1. The minimum Gasteiger partial charge on any atom is -0.465 e. The molecule has 0 aliphatic heterocycles. The fourth-order valence-corrected chi connectivity index (χ4v) is 3.35. The highest BCUT2D eigenvalue weighted by atomic mass is 28.4. The van der Waals surface area contributed by atoms with Gasteiger partial charge < -0.3 is 14.8 Å². The molecule has 4 nitrogen and oxygen atoms in total. The molecule has 17 heavy (non-hydrogen) atoms. The lowest BCUT2D eigenvalue weighted by Crippen LogP contribution is -2.43. The van der Waals surface area contributed by atoms with Gasteiger partial charge in [-0.05, 0) is 37.4 Å². The number of nitrogens with one attached hydrogen (secondary N) is 1. The molecule has 1 rings (SSSR count). The van der Waals surface area contributed by atoms with E-state index in [0.717, 1.165) is 19.3 Å². The number of rotatable bonds is 3. The maximum absolute atomic E-state index is 10.6. The Hall–Kier alpha value is -0.553. The summed E-state index contributed by atoms with van der Waals surface area (Å²) in [5.74, 6) is 0. The van der Waals surface area contributed by atoms with Crippen LogP contribution >= 0.6 is 0 Å². The first-order valence-corrected chi connectivity index (χ1v) is 9.20. The van der Waals surface area contributed by atoms with Crippen LogP contribution in [-0.2, 0) is 4.43 Å². The third-order valence-corrected chi connectivity index (χ3v) is 8.51. The van der Waals surface area contributed by atoms with Gasteiger partial charge in [-0.3, -0.25) is 0 Å². The van der Waals surface area contributed by atoms with Crippen LogP contribution in [0.5, 0.6) is 0 Å². The molecule has 0 unspecified atom stereocenters. The van der Waals surface area contributed by atoms with Crippen molar-refractivity contribution in [3.8, 4) is 0 Å². The zero-order chi connectivity index (χ0) is 13.3. The third kappa shape index (κ3) is 3.99. The van der Waals surface area contributed by atoms with E-state index in [9.17, 15) is 4.79 Å². The number of amides is 1. The topological polar surface area (TPSA) is 58.6 Å². The zero-order valence-corrected chi connectivity index (χ0v) is 12.5. The highest BCUT2D eigenvalue weighted by Crippen LogP contribution is 2.39. The van der Waals surface area contributed by atoms with Gasteiger partial charge in [0.2, 0.25) is 0 Å². The number of carbonyl (C=O) groups is 1. The van der Waals surface area contributed by atoms with Crippen molar-refractivity contribution in [3.05, 3.63) is 0 Å². The summed E-state index contributed by atoms with van der Waals surface area (Å²) in [5, 5.41) is 11.4. The van der Waals surface area contributed by atoms with Gasteiger partial charge in [0.15, 0.2) is 8.32 Å². The van der Waals surface area contributed by atoms with Gasteiger partial charge >= 0.3 is 6.09 Å². The summed E-state index contributed by atoms with van der Waals surface area (Å²) < 4.78 is 6.28. The lowest BCUT2D eigenvalue weighted by Gasteiger charge is -2.38. The first-order valence-electron chi connectivity index (χ1n) is 6.29. The van der Waals surface area contributed by atoms with Crippen LogP contribution in [0.1, 0.15) is 40.0 Å². The fraction of sp³-hybridized carbons (Fsp3) is 0.917. The summed E-state index contributed by atoms with van der Waals surface area (Å²) in [4.78, 5) is 10.6. The summed E-state index contributed by atoms with van der Waals surface area (Å²) in [7, 11) is -1.71. The summed E-state index contributed by atoms with van der Waals surface area (Å²) >= 11 is 0. The first kappa shape index (κ1) is 14.5. The van der Waals surface area contributed by atoms with Crippen molar-refractivity contribution in [3.63, 3.8) is 0 Å². The smallest absolute Gasteiger partial charge is 0.404 e. The molecule has 0 bridgehead atoms. The maximum atomic E-state index is 10.6. The molecular weight excluding hydrogens is 234 g/mol. The predicted octanol–water partition coefficient (Wildman–Crippen LogP) is 3.20. The van der Waals surface area contributed by atoms with Crippen molar-refractivity contribution in [2.75, 3.05) is 0 Å². The van der Waals surface area contributed by atoms with Crippen LogP contribution in [0.3, 0.4) is 0 Å². The average Bonchev–Trinajstić information content (AvgIpc) is 2.48. The quantitative estimate of drug-likeness (QED) is 0.765. The van der Waals surface area contributed by atoms with Crippen LogP contribution in [0.15, 0.2) is 0 Å². The fourth-order valence-electron chi connectivity index (χ4n) is 1.95. The van der Waals surface area contributed by atoms with Crippen LogP contribution in [0.2, 0.25) is 18.1 Å². The molecule has 2 atom stereocenters. The largest absolute Gasteiger partial charge is 0.465 e. The van der Waals surface area contributed by atoms with Crippen molar-refractivity contribution >= 4 is 14.4 Å². The minimum atomic E-state index is -1.71. The SMILES string of the molecule is CC(C)(C)[Si](C)(C)O[C@H]1CC[C@H](NC(=O)O)C1.